The molecule has 0 N–H and O–H groups in total. The van der Waals surface area contributed by atoms with Crippen LogP contribution in [0.5, 0.6) is 5.75 Å². The summed E-state index contributed by atoms with van der Waals surface area (Å²) in [6, 6.07) is 4.87. The van der Waals surface area contributed by atoms with Crippen molar-refractivity contribution in [1.82, 2.24) is 9.21 Å². The van der Waals surface area contributed by atoms with Gasteiger partial charge in [-0.2, -0.15) is 4.31 Å². The van der Waals surface area contributed by atoms with Crippen LogP contribution >= 0.6 is 0 Å². The van der Waals surface area contributed by atoms with Gasteiger partial charge in [-0.05, 0) is 58.4 Å². The predicted octanol–water partition coefficient (Wildman–Crippen LogP) is 2.02. The molecule has 134 valence electrons. The number of rotatable bonds is 4. The Morgan fingerprint density at radius 2 is 1.88 bits per heavy atom. The molecule has 0 radical (unpaired) electrons. The van der Waals surface area contributed by atoms with Gasteiger partial charge in [0.05, 0.1) is 24.1 Å². The van der Waals surface area contributed by atoms with Crippen molar-refractivity contribution in [3.63, 3.8) is 0 Å². The van der Waals surface area contributed by atoms with Gasteiger partial charge in [0.2, 0.25) is 15.9 Å². The number of amides is 1. The van der Waals surface area contributed by atoms with Crippen LogP contribution in [0.1, 0.15) is 33.3 Å². The number of hydrogen-bond donors (Lipinski definition) is 0. The highest BCUT2D eigenvalue weighted by atomic mass is 32.2. The third-order valence-electron chi connectivity index (χ3n) is 4.31. The van der Waals surface area contributed by atoms with Crippen molar-refractivity contribution >= 4 is 15.9 Å². The molecule has 0 aromatic heterocycles. The Morgan fingerprint density at radius 3 is 2.33 bits per heavy atom. The van der Waals surface area contributed by atoms with Gasteiger partial charge >= 0.3 is 0 Å². The van der Waals surface area contributed by atoms with Crippen molar-refractivity contribution in [2.75, 3.05) is 20.2 Å². The minimum Gasteiger partial charge on any atom is -0.497 e. The summed E-state index contributed by atoms with van der Waals surface area (Å²) in [4.78, 5) is 14.5. The van der Waals surface area contributed by atoms with Gasteiger partial charge in [-0.3, -0.25) is 4.79 Å². The molecule has 1 fully saturated rings. The number of nitrogens with zero attached hydrogens (tertiary/aromatic N) is 2. The van der Waals surface area contributed by atoms with Gasteiger partial charge in [0, 0.05) is 12.6 Å². The predicted molar refractivity (Wildman–Crippen MR) is 92.6 cm³/mol. The van der Waals surface area contributed by atoms with Gasteiger partial charge in [0.25, 0.3) is 0 Å². The van der Waals surface area contributed by atoms with Gasteiger partial charge in [0.1, 0.15) is 5.75 Å². The maximum absolute atomic E-state index is 13.0. The normalized spacial score (nSPS) is 19.0. The Bertz CT molecular complexity index is 741. The SMILES string of the molecule is COc1ccc(S(=O)(=O)N2CC(=O)N(C(C)C)C(C)(C)C2)c(C)c1. The molecule has 7 heteroatoms. The monoisotopic (exact) mass is 354 g/mol. The van der Waals surface area contributed by atoms with E-state index in [4.69, 9.17) is 4.74 Å². The number of sulfonamides is 1. The lowest BCUT2D eigenvalue weighted by Crippen LogP contribution is -2.64. The van der Waals surface area contributed by atoms with E-state index in [9.17, 15) is 13.2 Å². The summed E-state index contributed by atoms with van der Waals surface area (Å²) in [6.07, 6.45) is 0. The Balaban J connectivity index is 2.39. The summed E-state index contributed by atoms with van der Waals surface area (Å²) >= 11 is 0. The van der Waals surface area contributed by atoms with Crippen molar-refractivity contribution in [3.05, 3.63) is 23.8 Å². The van der Waals surface area contributed by atoms with Crippen LogP contribution < -0.4 is 4.74 Å². The number of carbonyl (C=O) groups excluding carboxylic acids is 1. The summed E-state index contributed by atoms with van der Waals surface area (Å²) in [5.74, 6) is 0.434. The highest BCUT2D eigenvalue weighted by Crippen LogP contribution is 2.30. The Morgan fingerprint density at radius 1 is 1.25 bits per heavy atom. The lowest BCUT2D eigenvalue weighted by Gasteiger charge is -2.48. The smallest absolute Gasteiger partial charge is 0.243 e. The number of aryl methyl sites for hydroxylation is 1. The lowest BCUT2D eigenvalue weighted by atomic mass is 9.98. The van der Waals surface area contributed by atoms with Gasteiger partial charge in [-0.1, -0.05) is 0 Å². The van der Waals surface area contributed by atoms with Crippen LogP contribution in [0.4, 0.5) is 0 Å². The van der Waals surface area contributed by atoms with Gasteiger partial charge in [0.15, 0.2) is 0 Å². The molecule has 0 saturated carbocycles. The molecule has 1 heterocycles. The van der Waals surface area contributed by atoms with Crippen LogP contribution in [0.2, 0.25) is 0 Å². The molecule has 1 aromatic carbocycles. The van der Waals surface area contributed by atoms with Crippen molar-refractivity contribution in [1.29, 1.82) is 0 Å². The quantitative estimate of drug-likeness (QED) is 0.830. The molecule has 1 aliphatic heterocycles. The zero-order valence-electron chi connectivity index (χ0n) is 15.2. The van der Waals surface area contributed by atoms with E-state index >= 15 is 0 Å². The first-order valence-corrected chi connectivity index (χ1v) is 9.41. The standard InChI is InChI=1S/C17H26N2O4S/c1-12(2)19-16(20)10-18(11-17(19,4)5)24(21,22)15-8-7-14(23-6)9-13(15)3/h7-9,12H,10-11H2,1-6H3. The fourth-order valence-electron chi connectivity index (χ4n) is 3.46. The maximum atomic E-state index is 13.0. The first-order valence-electron chi connectivity index (χ1n) is 7.97. The van der Waals surface area contributed by atoms with E-state index in [1.54, 1.807) is 24.0 Å². The molecule has 1 aliphatic rings. The van der Waals surface area contributed by atoms with Crippen molar-refractivity contribution in [2.45, 2.75) is 51.1 Å². The molecule has 0 unspecified atom stereocenters. The Kier molecular flexibility index (Phi) is 4.97. The fourth-order valence-corrected chi connectivity index (χ4v) is 5.21. The van der Waals surface area contributed by atoms with Crippen molar-refractivity contribution < 1.29 is 17.9 Å². The largest absolute Gasteiger partial charge is 0.497 e. The second kappa shape index (κ2) is 6.37. The van der Waals surface area contributed by atoms with E-state index in [-0.39, 0.29) is 29.9 Å². The molecule has 0 spiro atoms. The minimum atomic E-state index is -3.74. The average molecular weight is 354 g/mol. The van der Waals surface area contributed by atoms with Crippen LogP contribution in [-0.2, 0) is 14.8 Å². The fraction of sp³-hybridized carbons (Fsp3) is 0.588. The number of piperazine rings is 1. The van der Waals surface area contributed by atoms with Crippen LogP contribution in [0.15, 0.2) is 23.1 Å². The van der Waals surface area contributed by atoms with E-state index in [1.165, 1.54) is 17.5 Å². The second-order valence-corrected chi connectivity index (χ2v) is 8.98. The molecule has 1 aromatic rings. The molecule has 2 rings (SSSR count). The van der Waals surface area contributed by atoms with Crippen LogP contribution in [0.3, 0.4) is 0 Å². The molecule has 0 bridgehead atoms. The maximum Gasteiger partial charge on any atom is 0.243 e. The molecule has 0 aliphatic carbocycles. The highest BCUT2D eigenvalue weighted by Gasteiger charge is 2.44. The van der Waals surface area contributed by atoms with E-state index in [1.807, 2.05) is 27.7 Å². The molecule has 1 saturated heterocycles. The third kappa shape index (κ3) is 3.28. The summed E-state index contributed by atoms with van der Waals surface area (Å²) in [5, 5.41) is 0. The molecule has 1 amide bonds. The van der Waals surface area contributed by atoms with Gasteiger partial charge < -0.3 is 9.64 Å². The molecule has 6 nitrogen and oxygen atoms in total. The number of benzene rings is 1. The summed E-state index contributed by atoms with van der Waals surface area (Å²) in [6.45, 7) is 9.54. The molecular formula is C17H26N2O4S. The highest BCUT2D eigenvalue weighted by molar-refractivity contribution is 7.89. The zero-order chi connectivity index (χ0) is 18.3. The Labute approximate surface area is 144 Å². The molecule has 0 atom stereocenters. The summed E-state index contributed by atoms with van der Waals surface area (Å²) < 4.78 is 32.5. The van der Waals surface area contributed by atoms with Crippen LogP contribution in [0, 0.1) is 6.92 Å². The summed E-state index contributed by atoms with van der Waals surface area (Å²) in [7, 11) is -2.20. The number of ether oxygens (including phenoxy) is 1. The van der Waals surface area contributed by atoms with E-state index in [0.29, 0.717) is 11.3 Å². The Hall–Kier alpha value is -1.60. The molecular weight excluding hydrogens is 328 g/mol. The van der Waals surface area contributed by atoms with E-state index < -0.39 is 15.6 Å². The third-order valence-corrected chi connectivity index (χ3v) is 6.26. The van der Waals surface area contributed by atoms with E-state index in [0.717, 1.165) is 0 Å². The topological polar surface area (TPSA) is 66.9 Å². The van der Waals surface area contributed by atoms with Gasteiger partial charge in [-0.25, -0.2) is 8.42 Å². The first-order chi connectivity index (χ1) is 11.0. The van der Waals surface area contributed by atoms with Crippen molar-refractivity contribution in [3.8, 4) is 5.75 Å². The summed E-state index contributed by atoms with van der Waals surface area (Å²) in [5.41, 5.74) is 0.0441. The number of carbonyl (C=O) groups is 1. The minimum absolute atomic E-state index is 0.0278. The first kappa shape index (κ1) is 18.7. The van der Waals surface area contributed by atoms with Crippen LogP contribution in [0.25, 0.3) is 0 Å². The van der Waals surface area contributed by atoms with Crippen molar-refractivity contribution in [2.24, 2.45) is 0 Å². The number of methoxy groups -OCH3 is 1. The lowest BCUT2D eigenvalue weighted by molar-refractivity contribution is -0.144. The van der Waals surface area contributed by atoms with Gasteiger partial charge in [-0.15, -0.1) is 0 Å². The van der Waals surface area contributed by atoms with E-state index in [2.05, 4.69) is 0 Å². The average Bonchev–Trinajstić information content (AvgIpc) is 2.44. The second-order valence-electron chi connectivity index (χ2n) is 7.07. The van der Waals surface area contributed by atoms with Crippen LogP contribution in [-0.4, -0.2) is 55.3 Å². The zero-order valence-corrected chi connectivity index (χ0v) is 16.0. The molecule has 24 heavy (non-hydrogen) atoms. The number of hydrogen-bond acceptors (Lipinski definition) is 4.